The van der Waals surface area contributed by atoms with Gasteiger partial charge in [0.05, 0.1) is 0 Å². The van der Waals surface area contributed by atoms with E-state index in [1.165, 1.54) is 12.1 Å². The summed E-state index contributed by atoms with van der Waals surface area (Å²) in [6, 6.07) is 14.3. The lowest BCUT2D eigenvalue weighted by atomic mass is 9.85. The molecule has 0 bridgehead atoms. The van der Waals surface area contributed by atoms with Gasteiger partial charge in [-0.05, 0) is 11.6 Å². The van der Waals surface area contributed by atoms with Crippen LogP contribution in [-0.2, 0) is 15.2 Å². The molecule has 0 fully saturated rings. The highest BCUT2D eigenvalue weighted by atomic mass is 16.5. The van der Waals surface area contributed by atoms with Crippen molar-refractivity contribution in [3.8, 4) is 5.75 Å². The number of carboxylic acids is 1. The maximum absolute atomic E-state index is 11.9. The molecular formula is C16H15NO5. The van der Waals surface area contributed by atoms with Crippen molar-refractivity contribution in [2.45, 2.75) is 5.60 Å². The molecule has 0 saturated heterocycles. The summed E-state index contributed by atoms with van der Waals surface area (Å²) in [7, 11) is 0. The Labute approximate surface area is 126 Å². The fraction of sp³-hybridized carbons (Fsp3) is 0.125. The first-order valence-corrected chi connectivity index (χ1v) is 6.48. The van der Waals surface area contributed by atoms with E-state index >= 15 is 0 Å². The zero-order chi connectivity index (χ0) is 16.2. The fourth-order valence-electron chi connectivity index (χ4n) is 2.14. The summed E-state index contributed by atoms with van der Waals surface area (Å²) in [5.41, 5.74) is 3.65. The second-order valence-corrected chi connectivity index (χ2v) is 4.62. The number of primary amides is 1. The average molecular weight is 301 g/mol. The summed E-state index contributed by atoms with van der Waals surface area (Å²) in [6.45, 7) is -0.597. The van der Waals surface area contributed by atoms with Crippen LogP contribution in [0.4, 0.5) is 0 Å². The van der Waals surface area contributed by atoms with Crippen molar-refractivity contribution in [2.75, 3.05) is 6.61 Å². The van der Waals surface area contributed by atoms with E-state index in [-0.39, 0.29) is 16.9 Å². The Morgan fingerprint density at radius 2 is 1.64 bits per heavy atom. The second kappa shape index (κ2) is 6.28. The molecule has 0 aliphatic heterocycles. The highest BCUT2D eigenvalue weighted by Crippen LogP contribution is 2.35. The molecule has 22 heavy (non-hydrogen) atoms. The van der Waals surface area contributed by atoms with Gasteiger partial charge in [-0.1, -0.05) is 48.5 Å². The van der Waals surface area contributed by atoms with E-state index in [4.69, 9.17) is 15.6 Å². The number of para-hydroxylation sites is 1. The number of nitrogens with two attached hydrogens (primary N) is 1. The van der Waals surface area contributed by atoms with Gasteiger partial charge in [0.25, 0.3) is 5.91 Å². The van der Waals surface area contributed by atoms with Crippen molar-refractivity contribution in [1.82, 2.24) is 0 Å². The van der Waals surface area contributed by atoms with E-state index in [1.807, 2.05) is 0 Å². The zero-order valence-corrected chi connectivity index (χ0v) is 11.6. The van der Waals surface area contributed by atoms with Crippen LogP contribution in [0.3, 0.4) is 0 Å². The molecule has 2 rings (SSSR count). The molecule has 1 unspecified atom stereocenters. The summed E-state index contributed by atoms with van der Waals surface area (Å²) in [5.74, 6) is -2.07. The zero-order valence-electron chi connectivity index (χ0n) is 11.6. The van der Waals surface area contributed by atoms with Gasteiger partial charge in [0, 0.05) is 5.56 Å². The van der Waals surface area contributed by atoms with Crippen LogP contribution in [0.15, 0.2) is 54.6 Å². The first-order chi connectivity index (χ1) is 10.5. The number of carboxylic acid groups (broad SMARTS) is 1. The second-order valence-electron chi connectivity index (χ2n) is 4.62. The van der Waals surface area contributed by atoms with Crippen LogP contribution in [0.1, 0.15) is 11.1 Å². The van der Waals surface area contributed by atoms with Gasteiger partial charge in [0.1, 0.15) is 5.75 Å². The summed E-state index contributed by atoms with van der Waals surface area (Å²) < 4.78 is 5.15. The number of hydrogen-bond donors (Lipinski definition) is 3. The number of benzene rings is 2. The molecule has 1 amide bonds. The van der Waals surface area contributed by atoms with Crippen molar-refractivity contribution in [3.63, 3.8) is 0 Å². The Kier molecular flexibility index (Phi) is 4.43. The number of ether oxygens (including phenoxy) is 1. The van der Waals surface area contributed by atoms with Crippen molar-refractivity contribution >= 4 is 11.9 Å². The number of rotatable bonds is 6. The monoisotopic (exact) mass is 301 g/mol. The number of aliphatic carboxylic acids is 1. The molecule has 0 saturated carbocycles. The number of hydrogen-bond acceptors (Lipinski definition) is 4. The van der Waals surface area contributed by atoms with Gasteiger partial charge in [-0.15, -0.1) is 0 Å². The fourth-order valence-corrected chi connectivity index (χ4v) is 2.14. The summed E-state index contributed by atoms with van der Waals surface area (Å²) >= 11 is 0. The first-order valence-electron chi connectivity index (χ1n) is 6.48. The SMILES string of the molecule is NC(=O)C(O)(c1ccccc1)c1ccccc1OCC(=O)O. The van der Waals surface area contributed by atoms with Gasteiger partial charge in [0.15, 0.2) is 12.2 Å². The highest BCUT2D eigenvalue weighted by Gasteiger charge is 2.40. The maximum atomic E-state index is 11.9. The highest BCUT2D eigenvalue weighted by molar-refractivity contribution is 5.89. The Morgan fingerprint density at radius 1 is 1.05 bits per heavy atom. The normalized spacial score (nSPS) is 13.1. The van der Waals surface area contributed by atoms with E-state index in [2.05, 4.69) is 0 Å². The van der Waals surface area contributed by atoms with Gasteiger partial charge in [-0.3, -0.25) is 4.79 Å². The molecule has 6 nitrogen and oxygen atoms in total. The summed E-state index contributed by atoms with van der Waals surface area (Å²) in [5, 5.41) is 19.6. The average Bonchev–Trinajstić information content (AvgIpc) is 2.53. The van der Waals surface area contributed by atoms with Crippen LogP contribution in [0.25, 0.3) is 0 Å². The first kappa shape index (κ1) is 15.5. The van der Waals surface area contributed by atoms with Crippen molar-refractivity contribution in [3.05, 3.63) is 65.7 Å². The standard InChI is InChI=1S/C16H15NO5/c17-15(20)16(21,11-6-2-1-3-7-11)12-8-4-5-9-13(12)22-10-14(18)19/h1-9,21H,10H2,(H2,17,20)(H,18,19). The van der Waals surface area contributed by atoms with E-state index in [0.29, 0.717) is 0 Å². The minimum atomic E-state index is -2.11. The third-order valence-corrected chi connectivity index (χ3v) is 3.18. The molecule has 6 heteroatoms. The van der Waals surface area contributed by atoms with Crippen molar-refractivity contribution in [2.24, 2.45) is 5.73 Å². The Morgan fingerprint density at radius 3 is 2.23 bits per heavy atom. The number of carbonyl (C=O) groups is 2. The summed E-state index contributed by atoms with van der Waals surface area (Å²) in [6.07, 6.45) is 0. The molecule has 2 aromatic carbocycles. The topological polar surface area (TPSA) is 110 Å². The molecule has 0 heterocycles. The van der Waals surface area contributed by atoms with Crippen molar-refractivity contribution in [1.29, 1.82) is 0 Å². The molecule has 2 aromatic rings. The minimum absolute atomic E-state index is 0.0788. The third kappa shape index (κ3) is 2.91. The lowest BCUT2D eigenvalue weighted by molar-refractivity contribution is -0.139. The minimum Gasteiger partial charge on any atom is -0.481 e. The predicted octanol–water partition coefficient (Wildman–Crippen LogP) is 0.871. The van der Waals surface area contributed by atoms with Crippen LogP contribution in [-0.4, -0.2) is 28.7 Å². The van der Waals surface area contributed by atoms with E-state index in [9.17, 15) is 14.7 Å². The Bertz CT molecular complexity index is 686. The van der Waals surface area contributed by atoms with Gasteiger partial charge in [0.2, 0.25) is 0 Å². The van der Waals surface area contributed by atoms with Gasteiger partial charge in [-0.25, -0.2) is 4.79 Å². The van der Waals surface area contributed by atoms with Gasteiger partial charge >= 0.3 is 5.97 Å². The maximum Gasteiger partial charge on any atom is 0.341 e. The van der Waals surface area contributed by atoms with Crippen LogP contribution in [0.2, 0.25) is 0 Å². The molecule has 0 spiro atoms. The van der Waals surface area contributed by atoms with Gasteiger partial charge < -0.3 is 20.7 Å². The molecule has 0 radical (unpaired) electrons. The van der Waals surface area contributed by atoms with Gasteiger partial charge in [-0.2, -0.15) is 0 Å². The predicted molar refractivity (Wildman–Crippen MR) is 78.2 cm³/mol. The number of carbonyl (C=O) groups excluding carboxylic acids is 1. The van der Waals surface area contributed by atoms with Crippen LogP contribution in [0, 0.1) is 0 Å². The lowest BCUT2D eigenvalue weighted by Gasteiger charge is -2.27. The largest absolute Gasteiger partial charge is 0.481 e. The smallest absolute Gasteiger partial charge is 0.341 e. The van der Waals surface area contributed by atoms with E-state index < -0.39 is 24.1 Å². The number of amides is 1. The quantitative estimate of drug-likeness (QED) is 0.733. The van der Waals surface area contributed by atoms with E-state index in [0.717, 1.165) is 0 Å². The molecule has 0 aromatic heterocycles. The molecule has 4 N–H and O–H groups in total. The molecule has 0 aliphatic rings. The Balaban J connectivity index is 2.55. The molecular weight excluding hydrogens is 286 g/mol. The van der Waals surface area contributed by atoms with Crippen LogP contribution in [0.5, 0.6) is 5.75 Å². The third-order valence-electron chi connectivity index (χ3n) is 3.18. The molecule has 1 atom stereocenters. The Hall–Kier alpha value is -2.86. The van der Waals surface area contributed by atoms with Crippen molar-refractivity contribution < 1.29 is 24.5 Å². The van der Waals surface area contributed by atoms with E-state index in [1.54, 1.807) is 42.5 Å². The lowest BCUT2D eigenvalue weighted by Crippen LogP contribution is -2.42. The number of aliphatic hydroxyl groups is 1. The van der Waals surface area contributed by atoms with Crippen LogP contribution >= 0.6 is 0 Å². The summed E-state index contributed by atoms with van der Waals surface area (Å²) in [4.78, 5) is 22.6. The molecule has 0 aliphatic carbocycles. The van der Waals surface area contributed by atoms with Crippen LogP contribution < -0.4 is 10.5 Å². The molecule has 114 valence electrons.